The van der Waals surface area contributed by atoms with Gasteiger partial charge in [-0.25, -0.2) is 14.0 Å². The van der Waals surface area contributed by atoms with Crippen LogP contribution in [0, 0.1) is 0 Å². The molecule has 11 heteroatoms. The smallest absolute Gasteiger partial charge is 0.330 e. The van der Waals surface area contributed by atoms with Crippen LogP contribution in [-0.2, 0) is 19.2 Å². The molecule has 1 fully saturated rings. The lowest BCUT2D eigenvalue weighted by Crippen LogP contribution is -2.57. The van der Waals surface area contributed by atoms with Gasteiger partial charge < -0.3 is 16.2 Å². The molecule has 5 N–H and O–H groups in total. The number of amides is 5. The van der Waals surface area contributed by atoms with E-state index in [1.807, 2.05) is 0 Å². The quantitative estimate of drug-likeness (QED) is 0.442. The summed E-state index contributed by atoms with van der Waals surface area (Å²) in [6, 6.07) is -3.38. The SMILES string of the molecule is CC(N)C(=O)NC(CCC(=O)N1C[C@H](F)C(=O)NC1=O)C(=O)O. The van der Waals surface area contributed by atoms with Crippen LogP contribution in [0.5, 0.6) is 0 Å². The van der Waals surface area contributed by atoms with Crippen LogP contribution in [0.25, 0.3) is 0 Å². The summed E-state index contributed by atoms with van der Waals surface area (Å²) < 4.78 is 13.2. The van der Waals surface area contributed by atoms with Crippen LogP contribution in [0.15, 0.2) is 0 Å². The number of carbonyl (C=O) groups is 5. The van der Waals surface area contributed by atoms with Gasteiger partial charge in [0.15, 0.2) is 6.17 Å². The summed E-state index contributed by atoms with van der Waals surface area (Å²) in [7, 11) is 0. The van der Waals surface area contributed by atoms with Crippen molar-refractivity contribution in [1.29, 1.82) is 0 Å². The van der Waals surface area contributed by atoms with E-state index in [4.69, 9.17) is 10.8 Å². The number of nitrogens with two attached hydrogens (primary N) is 1. The Bertz CT molecular complexity index is 538. The molecule has 1 saturated heterocycles. The zero-order chi connectivity index (χ0) is 17.7. The molecule has 0 aromatic rings. The van der Waals surface area contributed by atoms with Crippen molar-refractivity contribution in [2.75, 3.05) is 6.54 Å². The van der Waals surface area contributed by atoms with Crippen molar-refractivity contribution in [3.8, 4) is 0 Å². The number of nitrogens with one attached hydrogen (secondary N) is 2. The molecule has 0 spiro atoms. The van der Waals surface area contributed by atoms with Gasteiger partial charge in [-0.1, -0.05) is 0 Å². The van der Waals surface area contributed by atoms with E-state index in [1.54, 1.807) is 5.32 Å². The number of alkyl halides is 1. The summed E-state index contributed by atoms with van der Waals surface area (Å²) in [6.45, 7) is 0.628. The Morgan fingerprint density at radius 3 is 2.61 bits per heavy atom. The van der Waals surface area contributed by atoms with E-state index in [2.05, 4.69) is 5.32 Å². The molecule has 0 aliphatic carbocycles. The summed E-state index contributed by atoms with van der Waals surface area (Å²) in [5, 5.41) is 12.8. The highest BCUT2D eigenvalue weighted by atomic mass is 19.1. The molecule has 1 aliphatic heterocycles. The van der Waals surface area contributed by atoms with Crippen LogP contribution in [-0.4, -0.2) is 64.5 Å². The molecule has 0 aromatic carbocycles. The van der Waals surface area contributed by atoms with E-state index in [9.17, 15) is 28.4 Å². The highest BCUT2D eigenvalue weighted by Crippen LogP contribution is 2.09. The van der Waals surface area contributed by atoms with E-state index in [0.717, 1.165) is 0 Å². The fourth-order valence-corrected chi connectivity index (χ4v) is 1.76. The lowest BCUT2D eigenvalue weighted by atomic mass is 10.1. The minimum Gasteiger partial charge on any atom is -0.480 e. The number of rotatable bonds is 6. The van der Waals surface area contributed by atoms with Gasteiger partial charge in [-0.05, 0) is 13.3 Å². The maximum Gasteiger partial charge on any atom is 0.330 e. The van der Waals surface area contributed by atoms with Crippen LogP contribution < -0.4 is 16.4 Å². The number of hydrogen-bond donors (Lipinski definition) is 4. The molecule has 0 bridgehead atoms. The molecule has 5 amide bonds. The van der Waals surface area contributed by atoms with Crippen LogP contribution in [0.4, 0.5) is 9.18 Å². The van der Waals surface area contributed by atoms with E-state index in [0.29, 0.717) is 4.90 Å². The summed E-state index contributed by atoms with van der Waals surface area (Å²) in [4.78, 5) is 57.2. The van der Waals surface area contributed by atoms with Gasteiger partial charge in [0, 0.05) is 6.42 Å². The van der Waals surface area contributed by atoms with Crippen molar-refractivity contribution in [2.45, 2.75) is 38.0 Å². The lowest BCUT2D eigenvalue weighted by Gasteiger charge is -2.27. The van der Waals surface area contributed by atoms with Gasteiger partial charge in [-0.15, -0.1) is 0 Å². The van der Waals surface area contributed by atoms with Crippen LogP contribution >= 0.6 is 0 Å². The minimum absolute atomic E-state index is 0.318. The highest BCUT2D eigenvalue weighted by Gasteiger charge is 2.36. The zero-order valence-electron chi connectivity index (χ0n) is 12.2. The zero-order valence-corrected chi connectivity index (χ0v) is 12.2. The van der Waals surface area contributed by atoms with Crippen LogP contribution in [0.2, 0.25) is 0 Å². The van der Waals surface area contributed by atoms with Gasteiger partial charge in [-0.3, -0.25) is 24.6 Å². The van der Waals surface area contributed by atoms with E-state index < -0.39 is 60.9 Å². The molecule has 1 heterocycles. The second-order valence-electron chi connectivity index (χ2n) is 4.99. The van der Waals surface area contributed by atoms with Gasteiger partial charge in [0.1, 0.15) is 6.04 Å². The second-order valence-corrected chi connectivity index (χ2v) is 4.99. The Balaban J connectivity index is 2.61. The number of halogens is 1. The van der Waals surface area contributed by atoms with E-state index in [-0.39, 0.29) is 6.42 Å². The number of nitrogens with zero attached hydrogens (tertiary/aromatic N) is 1. The molecule has 10 nitrogen and oxygen atoms in total. The molecular formula is C12H17FN4O6. The number of carboxylic acid groups (broad SMARTS) is 1. The van der Waals surface area contributed by atoms with Crippen LogP contribution in [0.1, 0.15) is 19.8 Å². The second kappa shape index (κ2) is 7.63. The monoisotopic (exact) mass is 332 g/mol. The average molecular weight is 332 g/mol. The molecule has 3 atom stereocenters. The van der Waals surface area contributed by atoms with E-state index in [1.165, 1.54) is 6.92 Å². The predicted octanol–water partition coefficient (Wildman–Crippen LogP) is -1.90. The molecule has 0 radical (unpaired) electrons. The van der Waals surface area contributed by atoms with Crippen LogP contribution in [0.3, 0.4) is 0 Å². The number of imide groups is 2. The predicted molar refractivity (Wildman–Crippen MR) is 72.6 cm³/mol. The Morgan fingerprint density at radius 1 is 1.48 bits per heavy atom. The normalized spacial score (nSPS) is 20.5. The van der Waals surface area contributed by atoms with Crippen molar-refractivity contribution in [2.24, 2.45) is 5.73 Å². The Hall–Kier alpha value is -2.56. The Morgan fingerprint density at radius 2 is 2.09 bits per heavy atom. The molecule has 23 heavy (non-hydrogen) atoms. The van der Waals surface area contributed by atoms with Crippen molar-refractivity contribution in [3.63, 3.8) is 0 Å². The van der Waals surface area contributed by atoms with Gasteiger partial charge in [0.05, 0.1) is 12.6 Å². The standard InChI is InChI=1S/C12H17FN4O6/c1-5(14)9(19)15-7(11(21)22)2-3-8(18)17-4-6(13)10(20)16-12(17)23/h5-7H,2-4,14H2,1H3,(H,15,19)(H,21,22)(H,16,20,23)/t5?,6-,7?/m0/s1. The fraction of sp³-hybridized carbons (Fsp3) is 0.583. The van der Waals surface area contributed by atoms with Gasteiger partial charge in [0.25, 0.3) is 5.91 Å². The largest absolute Gasteiger partial charge is 0.480 e. The number of carboxylic acids is 1. The third kappa shape index (κ3) is 4.98. The molecule has 1 rings (SSSR count). The molecule has 1 aliphatic rings. The minimum atomic E-state index is -2.04. The molecule has 0 aromatic heterocycles. The third-order valence-electron chi connectivity index (χ3n) is 3.08. The molecule has 2 unspecified atom stereocenters. The lowest BCUT2D eigenvalue weighted by molar-refractivity contribution is -0.142. The molecule has 128 valence electrons. The van der Waals surface area contributed by atoms with Crippen molar-refractivity contribution in [1.82, 2.24) is 15.5 Å². The average Bonchev–Trinajstić information content (AvgIpc) is 2.46. The van der Waals surface area contributed by atoms with Gasteiger partial charge in [0.2, 0.25) is 11.8 Å². The first-order valence-corrected chi connectivity index (χ1v) is 6.71. The summed E-state index contributed by atoms with van der Waals surface area (Å²) in [6.07, 6.45) is -2.80. The summed E-state index contributed by atoms with van der Waals surface area (Å²) >= 11 is 0. The number of carbonyl (C=O) groups excluding carboxylic acids is 4. The Labute approximate surface area is 130 Å². The maximum atomic E-state index is 13.2. The van der Waals surface area contributed by atoms with Crippen molar-refractivity contribution in [3.05, 3.63) is 0 Å². The van der Waals surface area contributed by atoms with Crippen molar-refractivity contribution >= 4 is 29.7 Å². The first kappa shape index (κ1) is 18.5. The third-order valence-corrected chi connectivity index (χ3v) is 3.08. The topological polar surface area (TPSA) is 159 Å². The van der Waals surface area contributed by atoms with Gasteiger partial charge >= 0.3 is 12.0 Å². The first-order chi connectivity index (χ1) is 10.6. The number of urea groups is 1. The highest BCUT2D eigenvalue weighted by molar-refractivity contribution is 6.06. The van der Waals surface area contributed by atoms with E-state index >= 15 is 0 Å². The number of hydrogen-bond acceptors (Lipinski definition) is 6. The Kier molecular flexibility index (Phi) is 6.13. The molecular weight excluding hydrogens is 315 g/mol. The molecule has 0 saturated carbocycles. The summed E-state index contributed by atoms with van der Waals surface area (Å²) in [5.41, 5.74) is 5.30. The van der Waals surface area contributed by atoms with Crippen molar-refractivity contribution < 1.29 is 33.5 Å². The number of aliphatic carboxylic acids is 1. The first-order valence-electron chi connectivity index (χ1n) is 6.71. The van der Waals surface area contributed by atoms with Gasteiger partial charge in [-0.2, -0.15) is 0 Å². The summed E-state index contributed by atoms with van der Waals surface area (Å²) in [5.74, 6) is -4.09. The fourth-order valence-electron chi connectivity index (χ4n) is 1.76. The maximum absolute atomic E-state index is 13.2.